The molecule has 1 fully saturated rings. The molecule has 154 valence electrons. The summed E-state index contributed by atoms with van der Waals surface area (Å²) in [6, 6.07) is 14.4. The van der Waals surface area contributed by atoms with Gasteiger partial charge >= 0.3 is 6.03 Å². The van der Waals surface area contributed by atoms with Gasteiger partial charge in [-0.25, -0.2) is 19.2 Å². The molecule has 3 aromatic rings. The summed E-state index contributed by atoms with van der Waals surface area (Å²) >= 11 is 0. The Morgan fingerprint density at radius 2 is 1.57 bits per heavy atom. The molecule has 0 radical (unpaired) electrons. The zero-order valence-electron chi connectivity index (χ0n) is 16.7. The van der Waals surface area contributed by atoms with Crippen molar-refractivity contribution < 1.29 is 9.18 Å². The minimum atomic E-state index is -0.475. The lowest BCUT2D eigenvalue weighted by Gasteiger charge is -2.36. The standard InChI is InChI=1S/C22H23FN6O/c1-16-19(23)8-5-9-20(16)27-22(30)26-17-14-24-21(25-15-17)29-12-10-28(11-13-29)18-6-3-2-4-7-18/h2-9,14-15H,10-13H2,1H3,(H2,26,27,30). The number of carbonyl (C=O) groups excluding carboxylic acids is 1. The summed E-state index contributed by atoms with van der Waals surface area (Å²) in [4.78, 5) is 25.4. The molecule has 1 aromatic heterocycles. The van der Waals surface area contributed by atoms with Gasteiger partial charge in [0.15, 0.2) is 0 Å². The Balaban J connectivity index is 1.32. The van der Waals surface area contributed by atoms with Crippen LogP contribution in [0.3, 0.4) is 0 Å². The second-order valence-corrected chi connectivity index (χ2v) is 7.07. The Morgan fingerprint density at radius 1 is 0.900 bits per heavy atom. The zero-order valence-corrected chi connectivity index (χ0v) is 16.7. The predicted molar refractivity (Wildman–Crippen MR) is 117 cm³/mol. The van der Waals surface area contributed by atoms with Crippen LogP contribution in [-0.2, 0) is 0 Å². The number of nitrogens with one attached hydrogen (secondary N) is 2. The molecule has 2 heterocycles. The predicted octanol–water partition coefficient (Wildman–Crippen LogP) is 3.89. The molecule has 0 aliphatic carbocycles. The molecule has 0 bridgehead atoms. The molecular weight excluding hydrogens is 383 g/mol. The highest BCUT2D eigenvalue weighted by Gasteiger charge is 2.19. The summed E-state index contributed by atoms with van der Waals surface area (Å²) in [6.07, 6.45) is 3.15. The molecule has 1 aliphatic rings. The highest BCUT2D eigenvalue weighted by atomic mass is 19.1. The van der Waals surface area contributed by atoms with Gasteiger partial charge in [0.2, 0.25) is 5.95 Å². The van der Waals surface area contributed by atoms with Crippen molar-refractivity contribution in [1.82, 2.24) is 9.97 Å². The molecule has 0 atom stereocenters. The fourth-order valence-electron chi connectivity index (χ4n) is 3.38. The molecule has 2 aromatic carbocycles. The van der Waals surface area contributed by atoms with E-state index in [-0.39, 0.29) is 5.82 Å². The molecule has 1 aliphatic heterocycles. The monoisotopic (exact) mass is 406 g/mol. The molecule has 2 amide bonds. The third kappa shape index (κ3) is 4.48. The molecule has 30 heavy (non-hydrogen) atoms. The number of para-hydroxylation sites is 1. The van der Waals surface area contributed by atoms with E-state index in [4.69, 9.17) is 0 Å². The number of urea groups is 1. The number of benzene rings is 2. The summed E-state index contributed by atoms with van der Waals surface area (Å²) in [5.41, 5.74) is 2.49. The van der Waals surface area contributed by atoms with Crippen LogP contribution in [0.5, 0.6) is 0 Å². The second-order valence-electron chi connectivity index (χ2n) is 7.07. The van der Waals surface area contributed by atoms with Crippen molar-refractivity contribution in [2.75, 3.05) is 46.6 Å². The normalized spacial score (nSPS) is 13.8. The maximum atomic E-state index is 13.6. The van der Waals surface area contributed by atoms with Crippen molar-refractivity contribution in [2.24, 2.45) is 0 Å². The van der Waals surface area contributed by atoms with E-state index >= 15 is 0 Å². The molecule has 0 spiro atoms. The first-order valence-corrected chi connectivity index (χ1v) is 9.80. The van der Waals surface area contributed by atoms with Crippen LogP contribution >= 0.6 is 0 Å². The summed E-state index contributed by atoms with van der Waals surface area (Å²) in [6.45, 7) is 5.04. The van der Waals surface area contributed by atoms with Gasteiger partial charge in [-0.15, -0.1) is 0 Å². The minimum Gasteiger partial charge on any atom is -0.368 e. The number of piperazine rings is 1. The third-order valence-corrected chi connectivity index (χ3v) is 5.10. The Kier molecular flexibility index (Phi) is 5.74. The quantitative estimate of drug-likeness (QED) is 0.688. The van der Waals surface area contributed by atoms with Crippen LogP contribution in [-0.4, -0.2) is 42.2 Å². The van der Waals surface area contributed by atoms with Crippen molar-refractivity contribution in [3.8, 4) is 0 Å². The lowest BCUT2D eigenvalue weighted by Crippen LogP contribution is -2.47. The second kappa shape index (κ2) is 8.77. The summed E-state index contributed by atoms with van der Waals surface area (Å²) in [5, 5.41) is 5.31. The smallest absolute Gasteiger partial charge is 0.323 e. The molecule has 1 saturated heterocycles. The van der Waals surface area contributed by atoms with E-state index in [0.29, 0.717) is 22.9 Å². The molecule has 2 N–H and O–H groups in total. The van der Waals surface area contributed by atoms with E-state index < -0.39 is 6.03 Å². The maximum absolute atomic E-state index is 13.6. The highest BCUT2D eigenvalue weighted by Crippen LogP contribution is 2.19. The van der Waals surface area contributed by atoms with Crippen molar-refractivity contribution in [3.63, 3.8) is 0 Å². The first-order valence-electron chi connectivity index (χ1n) is 9.80. The van der Waals surface area contributed by atoms with Crippen LogP contribution in [0.1, 0.15) is 5.56 Å². The zero-order chi connectivity index (χ0) is 20.9. The van der Waals surface area contributed by atoms with Gasteiger partial charge in [-0.1, -0.05) is 24.3 Å². The van der Waals surface area contributed by atoms with E-state index in [2.05, 4.69) is 42.5 Å². The number of hydrogen-bond acceptors (Lipinski definition) is 5. The first kappa shape index (κ1) is 19.6. The Bertz CT molecular complexity index is 1000. The summed E-state index contributed by atoms with van der Waals surface area (Å²) in [7, 11) is 0. The van der Waals surface area contributed by atoms with E-state index in [9.17, 15) is 9.18 Å². The molecular formula is C22H23FN6O. The van der Waals surface area contributed by atoms with Gasteiger partial charge in [0, 0.05) is 43.1 Å². The topological polar surface area (TPSA) is 73.4 Å². The molecule has 0 saturated carbocycles. The minimum absolute atomic E-state index is 0.368. The number of halogens is 1. The fraction of sp³-hybridized carbons (Fsp3) is 0.227. The van der Waals surface area contributed by atoms with Crippen LogP contribution < -0.4 is 20.4 Å². The number of anilines is 4. The van der Waals surface area contributed by atoms with Crippen molar-refractivity contribution in [2.45, 2.75) is 6.92 Å². The maximum Gasteiger partial charge on any atom is 0.323 e. The van der Waals surface area contributed by atoms with Gasteiger partial charge in [-0.05, 0) is 31.2 Å². The summed E-state index contributed by atoms with van der Waals surface area (Å²) < 4.78 is 13.6. The molecule has 4 rings (SSSR count). The van der Waals surface area contributed by atoms with Crippen LogP contribution in [0, 0.1) is 12.7 Å². The fourth-order valence-corrected chi connectivity index (χ4v) is 3.38. The van der Waals surface area contributed by atoms with E-state index in [1.165, 1.54) is 11.8 Å². The molecule has 0 unspecified atom stereocenters. The van der Waals surface area contributed by atoms with Crippen LogP contribution in [0.2, 0.25) is 0 Å². The number of rotatable bonds is 4. The van der Waals surface area contributed by atoms with E-state index in [1.807, 2.05) is 18.2 Å². The van der Waals surface area contributed by atoms with E-state index in [1.54, 1.807) is 31.5 Å². The number of nitrogens with zero attached hydrogens (tertiary/aromatic N) is 4. The molecule has 7 nitrogen and oxygen atoms in total. The highest BCUT2D eigenvalue weighted by molar-refractivity contribution is 6.00. The van der Waals surface area contributed by atoms with Crippen LogP contribution in [0.15, 0.2) is 60.9 Å². The Morgan fingerprint density at radius 3 is 2.27 bits per heavy atom. The third-order valence-electron chi connectivity index (χ3n) is 5.10. The largest absolute Gasteiger partial charge is 0.368 e. The van der Waals surface area contributed by atoms with Crippen LogP contribution in [0.4, 0.5) is 32.2 Å². The lowest BCUT2D eigenvalue weighted by atomic mass is 10.2. The van der Waals surface area contributed by atoms with Gasteiger partial charge in [0.1, 0.15) is 5.82 Å². The average Bonchev–Trinajstić information content (AvgIpc) is 2.78. The molecule has 8 heteroatoms. The number of hydrogen-bond donors (Lipinski definition) is 2. The SMILES string of the molecule is Cc1c(F)cccc1NC(=O)Nc1cnc(N2CCN(c3ccccc3)CC2)nc1. The Labute approximate surface area is 174 Å². The first-order chi connectivity index (χ1) is 14.6. The number of aromatic nitrogens is 2. The van der Waals surface area contributed by atoms with Crippen molar-refractivity contribution in [1.29, 1.82) is 0 Å². The Hall–Kier alpha value is -3.68. The lowest BCUT2D eigenvalue weighted by molar-refractivity contribution is 0.262. The summed E-state index contributed by atoms with van der Waals surface area (Å²) in [5.74, 6) is 0.266. The number of amides is 2. The van der Waals surface area contributed by atoms with Crippen LogP contribution in [0.25, 0.3) is 0 Å². The van der Waals surface area contributed by atoms with Gasteiger partial charge in [0.05, 0.1) is 18.1 Å². The van der Waals surface area contributed by atoms with Gasteiger partial charge in [-0.3, -0.25) is 0 Å². The average molecular weight is 406 g/mol. The van der Waals surface area contributed by atoms with Gasteiger partial charge < -0.3 is 20.4 Å². The van der Waals surface area contributed by atoms with E-state index in [0.717, 1.165) is 26.2 Å². The van der Waals surface area contributed by atoms with Crippen molar-refractivity contribution >= 4 is 29.0 Å². The number of carbonyl (C=O) groups is 1. The van der Waals surface area contributed by atoms with Gasteiger partial charge in [0.25, 0.3) is 0 Å². The van der Waals surface area contributed by atoms with Gasteiger partial charge in [-0.2, -0.15) is 0 Å². The van der Waals surface area contributed by atoms with Crippen molar-refractivity contribution in [3.05, 3.63) is 72.3 Å².